The van der Waals surface area contributed by atoms with Crippen molar-refractivity contribution >= 4 is 33.7 Å². The van der Waals surface area contributed by atoms with E-state index < -0.39 is 0 Å². The third-order valence-corrected chi connectivity index (χ3v) is 4.05. The van der Waals surface area contributed by atoms with Gasteiger partial charge in [-0.3, -0.25) is 4.79 Å². The first-order valence-electron chi connectivity index (χ1n) is 8.44. The predicted octanol–water partition coefficient (Wildman–Crippen LogP) is 4.14. The van der Waals surface area contributed by atoms with E-state index in [1.165, 1.54) is 0 Å². The lowest BCUT2D eigenvalue weighted by atomic mass is 10.1. The van der Waals surface area contributed by atoms with Crippen molar-refractivity contribution in [2.45, 2.75) is 41.2 Å². The first-order chi connectivity index (χ1) is 11.4. The molecule has 2 heterocycles. The smallest absolute Gasteiger partial charge is 0.228 e. The molecule has 0 atom stereocenters. The quantitative estimate of drug-likeness (QED) is 0.784. The number of hydrogen-bond donors (Lipinski definition) is 1. The van der Waals surface area contributed by atoms with Gasteiger partial charge in [-0.1, -0.05) is 45.9 Å². The van der Waals surface area contributed by atoms with Crippen molar-refractivity contribution in [3.8, 4) is 0 Å². The molecule has 0 aliphatic rings. The zero-order valence-electron chi connectivity index (χ0n) is 14.9. The highest BCUT2D eigenvalue weighted by atomic mass is 16.1. The molecule has 0 radical (unpaired) electrons. The molecule has 126 valence electrons. The van der Waals surface area contributed by atoms with Crippen LogP contribution in [0.4, 0.5) is 5.82 Å². The van der Waals surface area contributed by atoms with Crippen molar-refractivity contribution in [1.82, 2.24) is 14.8 Å². The normalized spacial score (nSPS) is 11.8. The molecule has 3 rings (SSSR count). The molecule has 0 aliphatic carbocycles. The summed E-state index contributed by atoms with van der Waals surface area (Å²) in [6.45, 7) is 10.9. The molecule has 2 aromatic heterocycles. The van der Waals surface area contributed by atoms with E-state index in [0.29, 0.717) is 11.7 Å². The number of rotatable bonds is 4. The number of fused-ring (bicyclic) bond motifs is 2. The minimum atomic E-state index is -0.0917. The average molecular weight is 324 g/mol. The molecular weight excluding hydrogens is 300 g/mol. The molecule has 5 nitrogen and oxygen atoms in total. The van der Waals surface area contributed by atoms with Crippen molar-refractivity contribution in [2.75, 3.05) is 5.32 Å². The molecule has 0 aliphatic heterocycles. The highest BCUT2D eigenvalue weighted by Gasteiger charge is 2.17. The van der Waals surface area contributed by atoms with Crippen LogP contribution in [0.15, 0.2) is 24.3 Å². The Labute approximate surface area is 142 Å². The second-order valence-corrected chi connectivity index (χ2v) is 7.07. The fourth-order valence-electron chi connectivity index (χ4n) is 2.76. The van der Waals surface area contributed by atoms with Gasteiger partial charge in [-0.2, -0.15) is 5.10 Å². The zero-order valence-corrected chi connectivity index (χ0v) is 14.9. The Bertz CT molecular complexity index is 909. The fraction of sp³-hybridized carbons (Fsp3) is 0.421. The summed E-state index contributed by atoms with van der Waals surface area (Å²) >= 11 is 0. The van der Waals surface area contributed by atoms with E-state index in [2.05, 4.69) is 43.3 Å². The Morgan fingerprint density at radius 3 is 2.67 bits per heavy atom. The van der Waals surface area contributed by atoms with E-state index in [1.54, 1.807) is 0 Å². The lowest BCUT2D eigenvalue weighted by Crippen LogP contribution is -2.18. The lowest BCUT2D eigenvalue weighted by molar-refractivity contribution is -0.118. The number of carbonyl (C=O) groups is 1. The maximum atomic E-state index is 12.1. The second-order valence-electron chi connectivity index (χ2n) is 7.07. The summed E-state index contributed by atoms with van der Waals surface area (Å²) in [5.74, 6) is 0.915. The van der Waals surface area contributed by atoms with E-state index in [-0.39, 0.29) is 11.8 Å². The van der Waals surface area contributed by atoms with Gasteiger partial charge < -0.3 is 5.32 Å². The molecule has 1 aromatic carbocycles. The first-order valence-corrected chi connectivity index (χ1v) is 8.44. The van der Waals surface area contributed by atoms with Crippen molar-refractivity contribution in [3.63, 3.8) is 0 Å². The van der Waals surface area contributed by atoms with E-state index in [9.17, 15) is 4.79 Å². The van der Waals surface area contributed by atoms with Gasteiger partial charge in [0.2, 0.25) is 5.91 Å². The molecular formula is C19H24N4O. The highest BCUT2D eigenvalue weighted by molar-refractivity contribution is 6.03. The topological polar surface area (TPSA) is 59.8 Å². The van der Waals surface area contributed by atoms with Gasteiger partial charge in [-0.15, -0.1) is 0 Å². The van der Waals surface area contributed by atoms with Crippen LogP contribution in [0.2, 0.25) is 0 Å². The Balaban J connectivity index is 2.22. The number of nitrogens with zero attached hydrogens (tertiary/aromatic N) is 3. The SMILES string of the molecule is Cc1cccc2cc3c(NC(=O)C(C)C)nn(CC(C)C)c3nc12. The molecule has 1 N–H and O–H groups in total. The summed E-state index contributed by atoms with van der Waals surface area (Å²) in [6.07, 6.45) is 0. The maximum Gasteiger partial charge on any atom is 0.228 e. The van der Waals surface area contributed by atoms with Crippen LogP contribution in [-0.4, -0.2) is 20.7 Å². The van der Waals surface area contributed by atoms with E-state index >= 15 is 0 Å². The molecule has 0 fully saturated rings. The number of aryl methyl sites for hydroxylation is 1. The van der Waals surface area contributed by atoms with Crippen LogP contribution >= 0.6 is 0 Å². The Morgan fingerprint density at radius 1 is 1.25 bits per heavy atom. The largest absolute Gasteiger partial charge is 0.308 e. The number of benzene rings is 1. The number of nitrogens with one attached hydrogen (secondary N) is 1. The van der Waals surface area contributed by atoms with Crippen molar-refractivity contribution in [1.29, 1.82) is 0 Å². The molecule has 0 saturated heterocycles. The van der Waals surface area contributed by atoms with Crippen LogP contribution < -0.4 is 5.32 Å². The molecule has 0 unspecified atom stereocenters. The average Bonchev–Trinajstić information content (AvgIpc) is 2.82. The number of pyridine rings is 1. The van der Waals surface area contributed by atoms with Gasteiger partial charge in [-0.05, 0) is 24.5 Å². The Kier molecular flexibility index (Phi) is 4.26. The molecule has 0 saturated carbocycles. The zero-order chi connectivity index (χ0) is 17.4. The Morgan fingerprint density at radius 2 is 2.00 bits per heavy atom. The van der Waals surface area contributed by atoms with Crippen LogP contribution in [-0.2, 0) is 11.3 Å². The van der Waals surface area contributed by atoms with Gasteiger partial charge in [-0.25, -0.2) is 9.67 Å². The van der Waals surface area contributed by atoms with Crippen LogP contribution in [0.5, 0.6) is 0 Å². The van der Waals surface area contributed by atoms with Gasteiger partial charge in [0, 0.05) is 17.8 Å². The first kappa shape index (κ1) is 16.4. The van der Waals surface area contributed by atoms with Crippen LogP contribution in [0.1, 0.15) is 33.3 Å². The summed E-state index contributed by atoms with van der Waals surface area (Å²) in [6, 6.07) is 8.20. The van der Waals surface area contributed by atoms with Crippen molar-refractivity contribution in [3.05, 3.63) is 29.8 Å². The molecule has 24 heavy (non-hydrogen) atoms. The van der Waals surface area contributed by atoms with Gasteiger partial charge in [0.15, 0.2) is 11.5 Å². The van der Waals surface area contributed by atoms with E-state index in [4.69, 9.17) is 4.98 Å². The van der Waals surface area contributed by atoms with Crippen molar-refractivity contribution in [2.24, 2.45) is 11.8 Å². The van der Waals surface area contributed by atoms with Crippen molar-refractivity contribution < 1.29 is 4.79 Å². The van der Waals surface area contributed by atoms with E-state index in [0.717, 1.165) is 34.0 Å². The monoisotopic (exact) mass is 324 g/mol. The fourth-order valence-corrected chi connectivity index (χ4v) is 2.76. The number of carbonyl (C=O) groups excluding carboxylic acids is 1. The summed E-state index contributed by atoms with van der Waals surface area (Å²) in [5.41, 5.74) is 2.95. The third-order valence-electron chi connectivity index (χ3n) is 4.05. The number of aromatic nitrogens is 3. The third kappa shape index (κ3) is 2.98. The van der Waals surface area contributed by atoms with Gasteiger partial charge in [0.25, 0.3) is 0 Å². The molecule has 1 amide bonds. The van der Waals surface area contributed by atoms with Gasteiger partial charge in [0.05, 0.1) is 10.9 Å². The minimum absolute atomic E-state index is 0.0320. The number of anilines is 1. The van der Waals surface area contributed by atoms with Crippen LogP contribution in [0.25, 0.3) is 21.9 Å². The number of hydrogen-bond acceptors (Lipinski definition) is 3. The highest BCUT2D eigenvalue weighted by Crippen LogP contribution is 2.28. The van der Waals surface area contributed by atoms with Gasteiger partial charge in [0.1, 0.15) is 0 Å². The summed E-state index contributed by atoms with van der Waals surface area (Å²) in [7, 11) is 0. The molecule has 3 aromatic rings. The summed E-state index contributed by atoms with van der Waals surface area (Å²) in [5, 5.41) is 9.53. The van der Waals surface area contributed by atoms with Crippen LogP contribution in [0, 0.1) is 18.8 Å². The maximum absolute atomic E-state index is 12.1. The predicted molar refractivity (Wildman–Crippen MR) is 98.1 cm³/mol. The van der Waals surface area contributed by atoms with Crippen LogP contribution in [0.3, 0.4) is 0 Å². The standard InChI is InChI=1S/C19H24N4O/c1-11(2)10-23-18-15(17(22-23)21-19(24)12(3)4)9-14-8-6-7-13(5)16(14)20-18/h6-9,11-12H,10H2,1-5H3,(H,21,22,24). The second kappa shape index (κ2) is 6.23. The lowest BCUT2D eigenvalue weighted by Gasteiger charge is -2.06. The van der Waals surface area contributed by atoms with E-state index in [1.807, 2.05) is 30.7 Å². The minimum Gasteiger partial charge on any atom is -0.308 e. The molecule has 0 bridgehead atoms. The summed E-state index contributed by atoms with van der Waals surface area (Å²) < 4.78 is 1.90. The number of para-hydroxylation sites is 1. The molecule has 5 heteroatoms. The Hall–Kier alpha value is -2.43. The number of amides is 1. The van der Waals surface area contributed by atoms with Gasteiger partial charge >= 0.3 is 0 Å². The molecule has 0 spiro atoms. The summed E-state index contributed by atoms with van der Waals surface area (Å²) in [4.78, 5) is 17.0.